The van der Waals surface area contributed by atoms with Crippen molar-refractivity contribution in [3.63, 3.8) is 0 Å². The maximum Gasteiger partial charge on any atom is 0.304 e. The summed E-state index contributed by atoms with van der Waals surface area (Å²) in [4.78, 5) is 25.6. The average molecular weight is 445 g/mol. The monoisotopic (exact) mass is 444 g/mol. The largest absolute Gasteiger partial charge is 0.481 e. The number of para-hydroxylation sites is 1. The van der Waals surface area contributed by atoms with E-state index in [2.05, 4.69) is 11.8 Å². The minimum absolute atomic E-state index is 0.00522. The van der Waals surface area contributed by atoms with Crippen LogP contribution in [-0.2, 0) is 11.3 Å². The summed E-state index contributed by atoms with van der Waals surface area (Å²) < 4.78 is 19.9. The number of carbonyl (C=O) groups excluding carboxylic acids is 1. The molecule has 1 saturated carbocycles. The molecule has 3 aromatic rings. The zero-order valence-electron chi connectivity index (χ0n) is 19.1. The summed E-state index contributed by atoms with van der Waals surface area (Å²) in [5, 5.41) is 8.67. The SMILES string of the molecule is [2H]C1(N(Cc2ccccc2OCC#CCCC(=O)O)C(=O)c2ccc(-c3ccco3)cc2)CC1. The van der Waals surface area contributed by atoms with E-state index in [9.17, 15) is 9.59 Å². The van der Waals surface area contributed by atoms with Gasteiger partial charge in [-0.1, -0.05) is 42.2 Å². The predicted octanol–water partition coefficient (Wildman–Crippen LogP) is 5.00. The van der Waals surface area contributed by atoms with Crippen LogP contribution in [0.4, 0.5) is 0 Å². The third-order valence-electron chi connectivity index (χ3n) is 5.23. The Hall–Kier alpha value is -3.98. The van der Waals surface area contributed by atoms with Crippen LogP contribution >= 0.6 is 0 Å². The van der Waals surface area contributed by atoms with Gasteiger partial charge < -0.3 is 19.2 Å². The maximum absolute atomic E-state index is 13.4. The molecule has 1 fully saturated rings. The van der Waals surface area contributed by atoms with Gasteiger partial charge in [0.15, 0.2) is 0 Å². The summed E-state index contributed by atoms with van der Waals surface area (Å²) in [6.07, 6.45) is 3.12. The lowest BCUT2D eigenvalue weighted by Gasteiger charge is -2.24. The van der Waals surface area contributed by atoms with Gasteiger partial charge in [-0.05, 0) is 43.2 Å². The van der Waals surface area contributed by atoms with Crippen LogP contribution < -0.4 is 4.74 Å². The van der Waals surface area contributed by atoms with E-state index in [-0.39, 0.29) is 31.9 Å². The predicted molar refractivity (Wildman–Crippen MR) is 124 cm³/mol. The van der Waals surface area contributed by atoms with Gasteiger partial charge in [0, 0.05) is 35.7 Å². The smallest absolute Gasteiger partial charge is 0.304 e. The second-order valence-corrected chi connectivity index (χ2v) is 7.66. The van der Waals surface area contributed by atoms with Crippen LogP contribution in [0, 0.1) is 11.8 Å². The van der Waals surface area contributed by atoms with E-state index in [1.54, 1.807) is 29.4 Å². The Morgan fingerprint density at radius 3 is 2.58 bits per heavy atom. The standard InChI is InChI=1S/C27H25NO5/c29-26(30)10-2-1-5-17-32-25-8-4-3-7-22(25)19-28(23-15-16-23)27(31)21-13-11-20(12-14-21)24-9-6-18-33-24/h3-4,6-9,11-14,18,23H,2,10,15-17,19H2,(H,29,30)/i23D. The highest BCUT2D eigenvalue weighted by Crippen LogP contribution is 2.32. The van der Waals surface area contributed by atoms with Crippen LogP contribution in [0.25, 0.3) is 11.3 Å². The fourth-order valence-electron chi connectivity index (χ4n) is 3.40. The molecule has 1 N–H and O–H groups in total. The lowest BCUT2D eigenvalue weighted by molar-refractivity contribution is -0.136. The van der Waals surface area contributed by atoms with E-state index in [4.69, 9.17) is 15.6 Å². The maximum atomic E-state index is 13.4. The minimum Gasteiger partial charge on any atom is -0.481 e. The lowest BCUT2D eigenvalue weighted by Crippen LogP contribution is -2.32. The molecule has 6 nitrogen and oxygen atoms in total. The Bertz CT molecular complexity index is 1200. The average Bonchev–Trinajstić information content (AvgIpc) is 3.35. The van der Waals surface area contributed by atoms with E-state index in [1.165, 1.54) is 0 Å². The summed E-state index contributed by atoms with van der Waals surface area (Å²) in [5.74, 6) is 5.82. The van der Waals surface area contributed by atoms with Crippen molar-refractivity contribution in [3.05, 3.63) is 78.1 Å². The number of amides is 1. The molecule has 1 aliphatic rings. The summed E-state index contributed by atoms with van der Waals surface area (Å²) >= 11 is 0. The van der Waals surface area contributed by atoms with Crippen molar-refractivity contribution in [2.45, 2.75) is 38.2 Å². The van der Waals surface area contributed by atoms with E-state index in [0.717, 1.165) is 16.9 Å². The van der Waals surface area contributed by atoms with Gasteiger partial charge >= 0.3 is 5.97 Å². The number of hydrogen-bond acceptors (Lipinski definition) is 4. The number of ether oxygens (including phenoxy) is 1. The van der Waals surface area contributed by atoms with E-state index in [0.29, 0.717) is 24.2 Å². The van der Waals surface area contributed by atoms with E-state index < -0.39 is 12.0 Å². The molecule has 33 heavy (non-hydrogen) atoms. The van der Waals surface area contributed by atoms with Crippen LogP contribution in [0.1, 0.15) is 43.0 Å². The number of carboxylic acids is 1. The lowest BCUT2D eigenvalue weighted by atomic mass is 10.1. The molecule has 0 saturated heterocycles. The summed E-state index contributed by atoms with van der Waals surface area (Å²) in [5.41, 5.74) is 2.17. The molecule has 2 aromatic carbocycles. The molecule has 168 valence electrons. The van der Waals surface area contributed by atoms with Gasteiger partial charge in [0.25, 0.3) is 5.91 Å². The molecular weight excluding hydrogens is 418 g/mol. The quantitative estimate of drug-likeness (QED) is 0.470. The summed E-state index contributed by atoms with van der Waals surface area (Å²) in [6, 6.07) is 17.3. The minimum atomic E-state index is -0.930. The first-order valence-electron chi connectivity index (χ1n) is 11.3. The molecule has 0 spiro atoms. The van der Waals surface area contributed by atoms with Crippen molar-refractivity contribution < 1.29 is 25.2 Å². The Morgan fingerprint density at radius 1 is 1.09 bits per heavy atom. The highest BCUT2D eigenvalue weighted by Gasteiger charge is 2.33. The molecule has 0 atom stereocenters. The molecule has 6 heteroatoms. The third-order valence-corrected chi connectivity index (χ3v) is 5.23. The van der Waals surface area contributed by atoms with Gasteiger partial charge in [0.05, 0.1) is 14.1 Å². The first-order chi connectivity index (χ1) is 16.5. The number of rotatable bonds is 9. The van der Waals surface area contributed by atoms with Crippen LogP contribution in [0.2, 0.25) is 0 Å². The third kappa shape index (κ3) is 6.05. The van der Waals surface area contributed by atoms with Gasteiger partial charge in [-0.3, -0.25) is 9.59 Å². The molecule has 1 heterocycles. The number of carboxylic acid groups (broad SMARTS) is 1. The van der Waals surface area contributed by atoms with Crippen LogP contribution in [0.15, 0.2) is 71.3 Å². The number of carbonyl (C=O) groups is 2. The van der Waals surface area contributed by atoms with E-state index >= 15 is 0 Å². The zero-order chi connectivity index (χ0) is 24.0. The van der Waals surface area contributed by atoms with Crippen molar-refractivity contribution >= 4 is 11.9 Å². The molecule has 4 rings (SSSR count). The van der Waals surface area contributed by atoms with Crippen LogP contribution in [0.3, 0.4) is 0 Å². The molecule has 0 bridgehead atoms. The Labute approximate surface area is 194 Å². The second-order valence-electron chi connectivity index (χ2n) is 7.66. The van der Waals surface area contributed by atoms with Crippen molar-refractivity contribution in [1.29, 1.82) is 0 Å². The van der Waals surface area contributed by atoms with Crippen molar-refractivity contribution in [1.82, 2.24) is 4.90 Å². The Morgan fingerprint density at radius 2 is 1.88 bits per heavy atom. The Kier molecular flexibility index (Phi) is 6.69. The van der Waals surface area contributed by atoms with Gasteiger partial charge in [-0.25, -0.2) is 0 Å². The number of furan rings is 1. The first kappa shape index (κ1) is 20.9. The molecule has 0 radical (unpaired) electrons. The summed E-state index contributed by atoms with van der Waals surface area (Å²) in [7, 11) is 0. The van der Waals surface area contributed by atoms with Crippen LogP contribution in [0.5, 0.6) is 5.75 Å². The van der Waals surface area contributed by atoms with E-state index in [1.807, 2.05) is 42.5 Å². The molecule has 1 aliphatic carbocycles. The van der Waals surface area contributed by atoms with Gasteiger partial charge in [0.1, 0.15) is 18.1 Å². The number of hydrogen-bond donors (Lipinski definition) is 1. The first-order valence-corrected chi connectivity index (χ1v) is 10.8. The highest BCUT2D eigenvalue weighted by atomic mass is 16.5. The number of nitrogens with zero attached hydrogens (tertiary/aromatic N) is 1. The molecule has 0 unspecified atom stereocenters. The van der Waals surface area contributed by atoms with Gasteiger partial charge in [-0.15, -0.1) is 0 Å². The molecule has 1 aromatic heterocycles. The zero-order valence-corrected chi connectivity index (χ0v) is 18.1. The second kappa shape index (κ2) is 10.6. The molecule has 0 aliphatic heterocycles. The normalized spacial score (nSPS) is 13.9. The fraction of sp³-hybridized carbons (Fsp3) is 0.259. The van der Waals surface area contributed by atoms with Crippen LogP contribution in [-0.4, -0.2) is 34.5 Å². The van der Waals surface area contributed by atoms with Gasteiger partial charge in [0.2, 0.25) is 0 Å². The number of aliphatic carboxylic acids is 1. The summed E-state index contributed by atoms with van der Waals surface area (Å²) in [6.45, 7) is 0.357. The Balaban J connectivity index is 1.47. The number of benzene rings is 2. The topological polar surface area (TPSA) is 80.0 Å². The van der Waals surface area contributed by atoms with Crippen molar-refractivity contribution in [3.8, 4) is 28.9 Å². The van der Waals surface area contributed by atoms with Gasteiger partial charge in [-0.2, -0.15) is 0 Å². The fourth-order valence-corrected chi connectivity index (χ4v) is 3.40. The van der Waals surface area contributed by atoms with Crippen molar-refractivity contribution in [2.75, 3.05) is 6.61 Å². The molecule has 1 amide bonds. The molecular formula is C27H25NO5. The van der Waals surface area contributed by atoms with Crippen molar-refractivity contribution in [2.24, 2.45) is 0 Å². The highest BCUT2D eigenvalue weighted by molar-refractivity contribution is 5.95.